The van der Waals surface area contributed by atoms with Crippen LogP contribution in [0.1, 0.15) is 25.5 Å². The van der Waals surface area contributed by atoms with E-state index >= 15 is 0 Å². The lowest BCUT2D eigenvalue weighted by atomic mass is 9.97. The van der Waals surface area contributed by atoms with Gasteiger partial charge in [0, 0.05) is 18.1 Å². The number of carbonyl (C=O) groups is 2. The van der Waals surface area contributed by atoms with Crippen molar-refractivity contribution in [3.63, 3.8) is 0 Å². The van der Waals surface area contributed by atoms with E-state index in [2.05, 4.69) is 5.32 Å². The summed E-state index contributed by atoms with van der Waals surface area (Å²) in [6.07, 6.45) is -0.726. The number of ether oxygens (including phenoxy) is 1. The predicted molar refractivity (Wildman–Crippen MR) is 80.0 cm³/mol. The maximum atomic E-state index is 12.3. The lowest BCUT2D eigenvalue weighted by molar-refractivity contribution is -0.162. The normalized spacial score (nSPS) is 22.5. The number of nitrogens with one attached hydrogen (secondary N) is 1. The zero-order chi connectivity index (χ0) is 15.6. The number of hydrogen-bond acceptors (Lipinski definition) is 3. The standard InChI is InChI=1S/C15H19ClN2O3/c1-9(2)17-15(20)14-13(18(3)12(19)8-21-14)10-4-6-11(16)7-5-10/h4-7,9,13-14H,8H2,1-3H3,(H,17,20)/t13-,14-/m0/s1. The lowest BCUT2D eigenvalue weighted by Gasteiger charge is -2.38. The molecule has 1 aliphatic heterocycles. The van der Waals surface area contributed by atoms with Gasteiger partial charge in [-0.1, -0.05) is 23.7 Å². The van der Waals surface area contributed by atoms with Crippen molar-refractivity contribution >= 4 is 23.4 Å². The molecule has 0 aliphatic carbocycles. The van der Waals surface area contributed by atoms with Crippen LogP contribution < -0.4 is 5.32 Å². The van der Waals surface area contributed by atoms with E-state index in [4.69, 9.17) is 16.3 Å². The van der Waals surface area contributed by atoms with Crippen molar-refractivity contribution < 1.29 is 14.3 Å². The Bertz CT molecular complexity index is 530. The Balaban J connectivity index is 2.31. The molecule has 114 valence electrons. The number of rotatable bonds is 3. The van der Waals surface area contributed by atoms with E-state index in [9.17, 15) is 9.59 Å². The Morgan fingerprint density at radius 2 is 2.00 bits per heavy atom. The first-order chi connectivity index (χ1) is 9.90. The van der Waals surface area contributed by atoms with Crippen molar-refractivity contribution in [3.05, 3.63) is 34.9 Å². The molecule has 0 bridgehead atoms. The number of nitrogens with zero attached hydrogens (tertiary/aromatic N) is 1. The van der Waals surface area contributed by atoms with Crippen LogP contribution >= 0.6 is 11.6 Å². The van der Waals surface area contributed by atoms with Crippen LogP contribution in [-0.2, 0) is 14.3 Å². The SMILES string of the molecule is CC(C)NC(=O)[C@H]1OCC(=O)N(C)[C@H]1c1ccc(Cl)cc1. The molecule has 0 aromatic heterocycles. The minimum absolute atomic E-state index is 0.00917. The van der Waals surface area contributed by atoms with E-state index in [0.29, 0.717) is 5.02 Å². The molecular formula is C15H19ClN2O3. The van der Waals surface area contributed by atoms with Crippen molar-refractivity contribution in [1.82, 2.24) is 10.2 Å². The first-order valence-electron chi connectivity index (χ1n) is 6.83. The van der Waals surface area contributed by atoms with Gasteiger partial charge < -0.3 is 15.0 Å². The highest BCUT2D eigenvalue weighted by Crippen LogP contribution is 2.30. The van der Waals surface area contributed by atoms with Gasteiger partial charge in [0.05, 0.1) is 6.04 Å². The van der Waals surface area contributed by atoms with Gasteiger partial charge in [-0.05, 0) is 31.5 Å². The summed E-state index contributed by atoms with van der Waals surface area (Å²) in [5, 5.41) is 3.44. The fourth-order valence-electron chi connectivity index (χ4n) is 2.36. The van der Waals surface area contributed by atoms with E-state index in [0.717, 1.165) is 5.56 Å². The summed E-state index contributed by atoms with van der Waals surface area (Å²) in [5.74, 6) is -0.368. The fraction of sp³-hybridized carbons (Fsp3) is 0.467. The van der Waals surface area contributed by atoms with Crippen LogP contribution in [0.2, 0.25) is 5.02 Å². The van der Waals surface area contributed by atoms with E-state index in [1.807, 2.05) is 13.8 Å². The minimum Gasteiger partial charge on any atom is -0.356 e. The van der Waals surface area contributed by atoms with Gasteiger partial charge in [0.2, 0.25) is 5.91 Å². The first-order valence-corrected chi connectivity index (χ1v) is 7.21. The smallest absolute Gasteiger partial charge is 0.251 e. The highest BCUT2D eigenvalue weighted by atomic mass is 35.5. The molecule has 1 fully saturated rings. The second-order valence-corrected chi connectivity index (χ2v) is 5.83. The molecule has 2 atom stereocenters. The molecule has 0 radical (unpaired) electrons. The van der Waals surface area contributed by atoms with Crippen LogP contribution in [-0.4, -0.2) is 42.5 Å². The number of morpholine rings is 1. The zero-order valence-corrected chi connectivity index (χ0v) is 13.1. The number of hydrogen-bond donors (Lipinski definition) is 1. The average molecular weight is 311 g/mol. The molecule has 1 heterocycles. The molecule has 2 amide bonds. The fourth-order valence-corrected chi connectivity index (χ4v) is 2.48. The summed E-state index contributed by atoms with van der Waals surface area (Å²) in [5.41, 5.74) is 0.818. The molecule has 1 aromatic carbocycles. The molecule has 0 unspecified atom stereocenters. The number of carbonyl (C=O) groups excluding carboxylic acids is 2. The molecule has 5 nitrogen and oxygen atoms in total. The van der Waals surface area contributed by atoms with Crippen LogP contribution in [0.25, 0.3) is 0 Å². The molecule has 21 heavy (non-hydrogen) atoms. The Morgan fingerprint density at radius 3 is 2.57 bits per heavy atom. The molecular weight excluding hydrogens is 292 g/mol. The van der Waals surface area contributed by atoms with Crippen LogP contribution in [0.15, 0.2) is 24.3 Å². The largest absolute Gasteiger partial charge is 0.356 e. The van der Waals surface area contributed by atoms with Crippen LogP contribution in [0.4, 0.5) is 0 Å². The maximum absolute atomic E-state index is 12.3. The molecule has 6 heteroatoms. The Morgan fingerprint density at radius 1 is 1.38 bits per heavy atom. The molecule has 1 N–H and O–H groups in total. The summed E-state index contributed by atoms with van der Waals surface area (Å²) < 4.78 is 5.48. The maximum Gasteiger partial charge on any atom is 0.251 e. The number of halogens is 1. The van der Waals surface area contributed by atoms with Crippen molar-refractivity contribution in [1.29, 1.82) is 0 Å². The topological polar surface area (TPSA) is 58.6 Å². The van der Waals surface area contributed by atoms with Gasteiger partial charge in [-0.25, -0.2) is 0 Å². The highest BCUT2D eigenvalue weighted by molar-refractivity contribution is 6.30. The summed E-state index contributed by atoms with van der Waals surface area (Å²) in [6.45, 7) is 3.68. The minimum atomic E-state index is -0.726. The monoisotopic (exact) mass is 310 g/mol. The Labute approximate surface area is 129 Å². The van der Waals surface area contributed by atoms with Gasteiger partial charge in [-0.2, -0.15) is 0 Å². The second-order valence-electron chi connectivity index (χ2n) is 5.40. The zero-order valence-electron chi connectivity index (χ0n) is 12.3. The Hall–Kier alpha value is -1.59. The van der Waals surface area contributed by atoms with Crippen LogP contribution in [0.3, 0.4) is 0 Å². The van der Waals surface area contributed by atoms with E-state index in [1.165, 1.54) is 0 Å². The highest BCUT2D eigenvalue weighted by Gasteiger charge is 2.40. The second kappa shape index (κ2) is 6.45. The van der Waals surface area contributed by atoms with E-state index in [-0.39, 0.29) is 24.5 Å². The van der Waals surface area contributed by atoms with Crippen molar-refractivity contribution in [3.8, 4) is 0 Å². The third kappa shape index (κ3) is 3.54. The summed E-state index contributed by atoms with van der Waals surface area (Å²) in [6, 6.07) is 6.64. The predicted octanol–water partition coefficient (Wildman–Crippen LogP) is 1.76. The van der Waals surface area contributed by atoms with Gasteiger partial charge in [-0.3, -0.25) is 9.59 Å². The first kappa shape index (κ1) is 15.8. The number of amides is 2. The van der Waals surface area contributed by atoms with Crippen molar-refractivity contribution in [2.75, 3.05) is 13.7 Å². The molecule has 0 saturated carbocycles. The third-order valence-electron chi connectivity index (χ3n) is 3.38. The molecule has 1 aliphatic rings. The third-order valence-corrected chi connectivity index (χ3v) is 3.64. The summed E-state index contributed by atoms with van der Waals surface area (Å²) in [4.78, 5) is 25.7. The summed E-state index contributed by atoms with van der Waals surface area (Å²) >= 11 is 5.89. The van der Waals surface area contributed by atoms with Crippen molar-refractivity contribution in [2.45, 2.75) is 32.0 Å². The quantitative estimate of drug-likeness (QED) is 0.925. The van der Waals surface area contributed by atoms with Gasteiger partial charge >= 0.3 is 0 Å². The van der Waals surface area contributed by atoms with Crippen LogP contribution in [0, 0.1) is 0 Å². The van der Waals surface area contributed by atoms with Gasteiger partial charge in [-0.15, -0.1) is 0 Å². The van der Waals surface area contributed by atoms with Crippen LogP contribution in [0.5, 0.6) is 0 Å². The average Bonchev–Trinajstić information content (AvgIpc) is 2.42. The van der Waals surface area contributed by atoms with E-state index in [1.54, 1.807) is 36.2 Å². The van der Waals surface area contributed by atoms with Gasteiger partial charge in [0.25, 0.3) is 5.91 Å². The molecule has 1 saturated heterocycles. The summed E-state index contributed by atoms with van der Waals surface area (Å²) in [7, 11) is 1.68. The van der Waals surface area contributed by atoms with Gasteiger partial charge in [0.15, 0.2) is 6.10 Å². The van der Waals surface area contributed by atoms with Crippen molar-refractivity contribution in [2.24, 2.45) is 0 Å². The Kier molecular flexibility index (Phi) is 4.85. The molecule has 2 rings (SSSR count). The molecule has 1 aromatic rings. The number of benzene rings is 1. The van der Waals surface area contributed by atoms with E-state index < -0.39 is 12.1 Å². The van der Waals surface area contributed by atoms with Gasteiger partial charge in [0.1, 0.15) is 6.61 Å². The lowest BCUT2D eigenvalue weighted by Crippen LogP contribution is -2.53. The molecule has 0 spiro atoms. The number of likely N-dealkylation sites (N-methyl/N-ethyl adjacent to an activating group) is 1.